The lowest BCUT2D eigenvalue weighted by atomic mass is 9.95. The molecule has 0 aromatic heterocycles. The van der Waals surface area contributed by atoms with Crippen LogP contribution in [0.1, 0.15) is 54.9 Å². The summed E-state index contributed by atoms with van der Waals surface area (Å²) >= 11 is 0. The lowest BCUT2D eigenvalue weighted by Crippen LogP contribution is -2.36. The van der Waals surface area contributed by atoms with Crippen LogP contribution in [0.15, 0.2) is 23.1 Å². The highest BCUT2D eigenvalue weighted by Gasteiger charge is 2.20. The van der Waals surface area contributed by atoms with Crippen molar-refractivity contribution in [3.63, 3.8) is 0 Å². The van der Waals surface area contributed by atoms with Crippen molar-refractivity contribution in [1.29, 1.82) is 0 Å². The molecule has 1 aromatic carbocycles. The maximum absolute atomic E-state index is 12.4. The molecule has 1 fully saturated rings. The van der Waals surface area contributed by atoms with Crippen LogP contribution in [0.25, 0.3) is 0 Å². The minimum atomic E-state index is -3.55. The van der Waals surface area contributed by atoms with Gasteiger partial charge in [0.1, 0.15) is 0 Å². The van der Waals surface area contributed by atoms with E-state index in [4.69, 9.17) is 0 Å². The van der Waals surface area contributed by atoms with Gasteiger partial charge in [0.25, 0.3) is 5.91 Å². The van der Waals surface area contributed by atoms with Gasteiger partial charge in [0, 0.05) is 18.2 Å². The first kappa shape index (κ1) is 17.0. The van der Waals surface area contributed by atoms with E-state index in [0.29, 0.717) is 12.1 Å². The second-order valence-corrected chi connectivity index (χ2v) is 7.55. The van der Waals surface area contributed by atoms with Gasteiger partial charge in [0.05, 0.1) is 4.90 Å². The molecule has 6 heteroatoms. The molecule has 22 heavy (non-hydrogen) atoms. The molecule has 2 N–H and O–H groups in total. The third-order valence-corrected chi connectivity index (χ3v) is 5.58. The Morgan fingerprint density at radius 1 is 1.23 bits per heavy atom. The minimum Gasteiger partial charge on any atom is -0.349 e. The van der Waals surface area contributed by atoms with Crippen molar-refractivity contribution < 1.29 is 13.2 Å². The Morgan fingerprint density at radius 2 is 1.91 bits per heavy atom. The van der Waals surface area contributed by atoms with Gasteiger partial charge in [0.2, 0.25) is 10.0 Å². The van der Waals surface area contributed by atoms with Crippen molar-refractivity contribution >= 4 is 15.9 Å². The monoisotopic (exact) mass is 324 g/mol. The Morgan fingerprint density at radius 3 is 2.55 bits per heavy atom. The van der Waals surface area contributed by atoms with Gasteiger partial charge < -0.3 is 5.32 Å². The number of sulfonamides is 1. The molecule has 5 nitrogen and oxygen atoms in total. The molecule has 0 spiro atoms. The average Bonchev–Trinajstić information content (AvgIpc) is 2.48. The lowest BCUT2D eigenvalue weighted by Gasteiger charge is -2.23. The molecule has 1 saturated carbocycles. The fourth-order valence-corrected chi connectivity index (χ4v) is 3.86. The second kappa shape index (κ2) is 7.24. The molecular formula is C16H24N2O3S. The smallest absolute Gasteiger partial charge is 0.251 e. The van der Waals surface area contributed by atoms with Gasteiger partial charge >= 0.3 is 0 Å². The zero-order valence-electron chi connectivity index (χ0n) is 13.2. The Bertz CT molecular complexity index is 635. The van der Waals surface area contributed by atoms with Crippen LogP contribution in [0.2, 0.25) is 0 Å². The van der Waals surface area contributed by atoms with E-state index in [-0.39, 0.29) is 16.8 Å². The van der Waals surface area contributed by atoms with E-state index in [1.807, 2.05) is 6.92 Å². The Kier molecular flexibility index (Phi) is 5.58. The van der Waals surface area contributed by atoms with Crippen LogP contribution in [0.5, 0.6) is 0 Å². The predicted octanol–water partition coefficient (Wildman–Crippen LogP) is 2.36. The minimum absolute atomic E-state index is 0.133. The summed E-state index contributed by atoms with van der Waals surface area (Å²) in [6.45, 7) is 3.86. The molecule has 1 amide bonds. The third kappa shape index (κ3) is 4.08. The largest absolute Gasteiger partial charge is 0.349 e. The molecule has 0 radical (unpaired) electrons. The van der Waals surface area contributed by atoms with E-state index >= 15 is 0 Å². The van der Waals surface area contributed by atoms with Crippen LogP contribution >= 0.6 is 0 Å². The maximum Gasteiger partial charge on any atom is 0.251 e. The highest BCUT2D eigenvalue weighted by Crippen LogP contribution is 2.20. The molecule has 0 atom stereocenters. The summed E-state index contributed by atoms with van der Waals surface area (Å²) in [6.07, 6.45) is 5.50. The normalized spacial score (nSPS) is 16.5. The summed E-state index contributed by atoms with van der Waals surface area (Å²) in [5, 5.41) is 3.03. The number of amides is 1. The molecule has 1 aliphatic rings. The number of carbonyl (C=O) groups excluding carboxylic acids is 1. The first-order valence-corrected chi connectivity index (χ1v) is 9.33. The van der Waals surface area contributed by atoms with E-state index in [2.05, 4.69) is 10.0 Å². The van der Waals surface area contributed by atoms with E-state index in [1.165, 1.54) is 18.6 Å². The summed E-state index contributed by atoms with van der Waals surface area (Å²) in [6, 6.07) is 4.88. The van der Waals surface area contributed by atoms with Crippen LogP contribution in [-0.4, -0.2) is 26.9 Å². The summed E-state index contributed by atoms with van der Waals surface area (Å²) in [5.74, 6) is -0.182. The first-order chi connectivity index (χ1) is 10.4. The van der Waals surface area contributed by atoms with Gasteiger partial charge in [-0.3, -0.25) is 4.79 Å². The predicted molar refractivity (Wildman–Crippen MR) is 86.4 cm³/mol. The SMILES string of the molecule is CCNS(=O)(=O)c1ccc(C)c(C(=O)NC2CCCCC2)c1. The van der Waals surface area contributed by atoms with Crippen molar-refractivity contribution in [2.24, 2.45) is 0 Å². The van der Waals surface area contributed by atoms with Gasteiger partial charge in [-0.1, -0.05) is 32.3 Å². The van der Waals surface area contributed by atoms with Crippen molar-refractivity contribution in [1.82, 2.24) is 10.0 Å². The Balaban J connectivity index is 2.20. The third-order valence-electron chi connectivity index (χ3n) is 4.04. The summed E-state index contributed by atoms with van der Waals surface area (Å²) in [4.78, 5) is 12.6. The first-order valence-electron chi connectivity index (χ1n) is 7.85. The van der Waals surface area contributed by atoms with Crippen LogP contribution in [0.3, 0.4) is 0 Å². The highest BCUT2D eigenvalue weighted by atomic mass is 32.2. The van der Waals surface area contributed by atoms with Crippen molar-refractivity contribution in [3.8, 4) is 0 Å². The number of hydrogen-bond donors (Lipinski definition) is 2. The molecule has 1 aromatic rings. The van der Waals surface area contributed by atoms with Gasteiger partial charge in [-0.25, -0.2) is 13.1 Å². The molecule has 1 aliphatic carbocycles. The van der Waals surface area contributed by atoms with Crippen molar-refractivity contribution in [2.45, 2.75) is 56.9 Å². The van der Waals surface area contributed by atoms with E-state index in [1.54, 1.807) is 13.0 Å². The zero-order valence-corrected chi connectivity index (χ0v) is 14.0. The summed E-state index contributed by atoms with van der Waals surface area (Å²) < 4.78 is 26.6. The van der Waals surface area contributed by atoms with Gasteiger partial charge in [-0.15, -0.1) is 0 Å². The van der Waals surface area contributed by atoms with E-state index in [0.717, 1.165) is 31.2 Å². The van der Waals surface area contributed by atoms with Gasteiger partial charge in [0.15, 0.2) is 0 Å². The number of hydrogen-bond acceptors (Lipinski definition) is 3. The zero-order chi connectivity index (χ0) is 16.2. The fraction of sp³-hybridized carbons (Fsp3) is 0.562. The molecule has 0 bridgehead atoms. The number of benzene rings is 1. The van der Waals surface area contributed by atoms with Crippen LogP contribution < -0.4 is 10.0 Å². The average molecular weight is 324 g/mol. The molecule has 0 saturated heterocycles. The molecule has 0 aliphatic heterocycles. The topological polar surface area (TPSA) is 75.3 Å². The molecule has 0 heterocycles. The van der Waals surface area contributed by atoms with Crippen molar-refractivity contribution in [3.05, 3.63) is 29.3 Å². The summed E-state index contributed by atoms with van der Waals surface area (Å²) in [7, 11) is -3.55. The summed E-state index contributed by atoms with van der Waals surface area (Å²) in [5.41, 5.74) is 1.22. The van der Waals surface area contributed by atoms with Crippen LogP contribution in [0, 0.1) is 6.92 Å². The standard InChI is InChI=1S/C16H24N2O3S/c1-3-17-22(20,21)14-10-9-12(2)15(11-14)16(19)18-13-7-5-4-6-8-13/h9-11,13,17H,3-8H2,1-2H3,(H,18,19). The number of rotatable bonds is 5. The molecule has 0 unspecified atom stereocenters. The van der Waals surface area contributed by atoms with E-state index in [9.17, 15) is 13.2 Å². The Labute approximate surface area is 132 Å². The van der Waals surface area contributed by atoms with Crippen LogP contribution in [-0.2, 0) is 10.0 Å². The van der Waals surface area contributed by atoms with Gasteiger partial charge in [-0.05, 0) is 37.5 Å². The Hall–Kier alpha value is -1.40. The number of carbonyl (C=O) groups is 1. The number of nitrogens with one attached hydrogen (secondary N) is 2. The number of aryl methyl sites for hydroxylation is 1. The second-order valence-electron chi connectivity index (χ2n) is 5.79. The quantitative estimate of drug-likeness (QED) is 0.873. The highest BCUT2D eigenvalue weighted by molar-refractivity contribution is 7.89. The van der Waals surface area contributed by atoms with Gasteiger partial charge in [-0.2, -0.15) is 0 Å². The lowest BCUT2D eigenvalue weighted by molar-refractivity contribution is 0.0927. The van der Waals surface area contributed by atoms with Crippen molar-refractivity contribution in [2.75, 3.05) is 6.54 Å². The molecule has 2 rings (SSSR count). The van der Waals surface area contributed by atoms with E-state index < -0.39 is 10.0 Å². The fourth-order valence-electron chi connectivity index (χ4n) is 2.80. The maximum atomic E-state index is 12.4. The molecular weight excluding hydrogens is 300 g/mol. The molecule has 122 valence electrons. The van der Waals surface area contributed by atoms with Crippen LogP contribution in [0.4, 0.5) is 0 Å².